The Bertz CT molecular complexity index is 1470. The van der Waals surface area contributed by atoms with E-state index in [2.05, 4.69) is 26.6 Å². The summed E-state index contributed by atoms with van der Waals surface area (Å²) >= 11 is 0. The molecule has 1 aromatic carbocycles. The van der Waals surface area contributed by atoms with Crippen molar-refractivity contribution in [1.82, 2.24) is 31.5 Å². The molecule has 5 unspecified atom stereocenters. The van der Waals surface area contributed by atoms with Crippen LogP contribution in [-0.4, -0.2) is 90.1 Å². The predicted molar refractivity (Wildman–Crippen MR) is 211 cm³/mol. The Morgan fingerprint density at radius 2 is 1.55 bits per heavy atom. The second kappa shape index (κ2) is 23.5. The molecule has 6 amide bonds. The van der Waals surface area contributed by atoms with E-state index in [0.717, 1.165) is 37.7 Å². The molecule has 3 aliphatic rings. The van der Waals surface area contributed by atoms with Crippen LogP contribution in [0.15, 0.2) is 30.3 Å². The number of hydrogen-bond donors (Lipinski definition) is 5. The van der Waals surface area contributed by atoms with Gasteiger partial charge < -0.3 is 36.2 Å². The minimum absolute atomic E-state index is 0.149. The third-order valence-corrected chi connectivity index (χ3v) is 11.4. The number of carbonyl (C=O) groups excluding carboxylic acids is 7. The molecule has 3 fully saturated rings. The van der Waals surface area contributed by atoms with E-state index in [4.69, 9.17) is 4.74 Å². The molecule has 14 nitrogen and oxygen atoms in total. The molecule has 0 aromatic heterocycles. The van der Waals surface area contributed by atoms with E-state index < -0.39 is 53.8 Å². The zero-order valence-corrected chi connectivity index (χ0v) is 33.4. The Hall–Kier alpha value is -4.49. The lowest BCUT2D eigenvalue weighted by atomic mass is 9.83. The monoisotopic (exact) mass is 780 g/mol. The predicted octanol–water partition coefficient (Wildman–Crippen LogP) is 4.19. The average molecular weight is 781 g/mol. The standard InChI is InChI=1S/C42H64N6O8/c1-3-29(2)36-40(53)46-32(21-12-15-25-44-42(55)56-28-31-19-9-5-10-20-31)38(51)43-24-14-6-11-23-35(49)45-33(27-30-17-7-4-8-18-30)37(50)41(54)48-26-16-13-22-34(48)39(52)47-36/h5,9-10,19-20,29-30,32-34,36H,3-4,6-8,11-18,21-28H2,1-2H3,(H,43,51)(H,44,55)(H,45,49)(H,46,53)(H,47,52). The van der Waals surface area contributed by atoms with Crippen LogP contribution >= 0.6 is 0 Å². The van der Waals surface area contributed by atoms with E-state index in [1.165, 1.54) is 4.90 Å². The van der Waals surface area contributed by atoms with Crippen molar-refractivity contribution in [2.75, 3.05) is 19.6 Å². The largest absolute Gasteiger partial charge is 0.445 e. The number of amides is 6. The third-order valence-electron chi connectivity index (χ3n) is 11.4. The van der Waals surface area contributed by atoms with Crippen molar-refractivity contribution in [3.8, 4) is 0 Å². The SMILES string of the molecule is CCC(C)C1NC(=O)C2CCCCN2C(=O)C(=O)C(CC2CCCCC2)NC(=O)CCCCCNC(=O)C(CCCCNC(=O)OCc2ccccc2)NC1=O. The van der Waals surface area contributed by atoms with Gasteiger partial charge in [0.1, 0.15) is 24.7 Å². The van der Waals surface area contributed by atoms with Gasteiger partial charge in [-0.1, -0.05) is 89.1 Å². The van der Waals surface area contributed by atoms with Crippen LogP contribution < -0.4 is 26.6 Å². The molecular weight excluding hydrogens is 716 g/mol. The van der Waals surface area contributed by atoms with Crippen molar-refractivity contribution in [2.45, 2.75) is 154 Å². The van der Waals surface area contributed by atoms with Crippen molar-refractivity contribution in [3.05, 3.63) is 35.9 Å². The first kappa shape index (κ1) is 44.2. The Labute approximate surface area is 331 Å². The van der Waals surface area contributed by atoms with Gasteiger partial charge in [0.05, 0.1) is 6.04 Å². The highest BCUT2D eigenvalue weighted by Crippen LogP contribution is 2.28. The highest BCUT2D eigenvalue weighted by molar-refractivity contribution is 6.38. The van der Waals surface area contributed by atoms with Gasteiger partial charge in [0, 0.05) is 26.1 Å². The van der Waals surface area contributed by atoms with E-state index in [1.54, 1.807) is 0 Å². The van der Waals surface area contributed by atoms with Crippen molar-refractivity contribution in [3.63, 3.8) is 0 Å². The maximum atomic E-state index is 14.0. The van der Waals surface area contributed by atoms with Crippen molar-refractivity contribution >= 4 is 41.4 Å². The number of rotatable bonds is 11. The molecule has 0 bridgehead atoms. The fourth-order valence-corrected chi connectivity index (χ4v) is 7.83. The quantitative estimate of drug-likeness (QED) is 0.163. The van der Waals surface area contributed by atoms with Crippen LogP contribution in [0.2, 0.25) is 0 Å². The maximum absolute atomic E-state index is 14.0. The van der Waals surface area contributed by atoms with Gasteiger partial charge in [-0.25, -0.2) is 4.79 Å². The van der Waals surface area contributed by atoms with Crippen LogP contribution in [0.4, 0.5) is 4.79 Å². The summed E-state index contributed by atoms with van der Waals surface area (Å²) in [5.74, 6) is -3.25. The second-order valence-electron chi connectivity index (χ2n) is 15.8. The molecule has 0 spiro atoms. The molecule has 14 heteroatoms. The number of alkyl carbamates (subject to hydrolysis) is 1. The lowest BCUT2D eigenvalue weighted by Gasteiger charge is -2.36. The van der Waals surface area contributed by atoms with Gasteiger partial charge in [0.25, 0.3) is 5.91 Å². The van der Waals surface area contributed by atoms with Crippen molar-refractivity contribution in [2.24, 2.45) is 11.8 Å². The van der Waals surface area contributed by atoms with Crippen LogP contribution in [0.3, 0.4) is 0 Å². The normalized spacial score (nSPS) is 24.8. The first-order valence-electron chi connectivity index (χ1n) is 21.0. The molecule has 1 aromatic rings. The molecule has 56 heavy (non-hydrogen) atoms. The highest BCUT2D eigenvalue weighted by Gasteiger charge is 2.40. The molecule has 2 heterocycles. The Morgan fingerprint density at radius 1 is 0.821 bits per heavy atom. The number of unbranched alkanes of at least 4 members (excludes halogenated alkanes) is 1. The Balaban J connectivity index is 1.45. The first-order valence-corrected chi connectivity index (χ1v) is 21.0. The van der Waals surface area contributed by atoms with E-state index in [-0.39, 0.29) is 49.6 Å². The molecule has 1 saturated carbocycles. The van der Waals surface area contributed by atoms with Crippen LogP contribution in [-0.2, 0) is 40.1 Å². The number of Topliss-reactive ketones (excluding diaryl/α,β-unsaturated/α-hetero) is 1. The number of piperidine rings is 1. The number of benzene rings is 1. The summed E-state index contributed by atoms with van der Waals surface area (Å²) in [4.78, 5) is 96.0. The number of ether oxygens (including phenoxy) is 1. The van der Waals surface area contributed by atoms with Crippen LogP contribution in [0.1, 0.15) is 129 Å². The van der Waals surface area contributed by atoms with Crippen molar-refractivity contribution in [1.29, 1.82) is 0 Å². The maximum Gasteiger partial charge on any atom is 0.407 e. The minimum atomic E-state index is -0.998. The number of fused-ring (bicyclic) bond motifs is 1. The summed E-state index contributed by atoms with van der Waals surface area (Å²) in [7, 11) is 0. The molecule has 2 aliphatic heterocycles. The average Bonchev–Trinajstić information content (AvgIpc) is 3.21. The van der Waals surface area contributed by atoms with Gasteiger partial charge in [-0.15, -0.1) is 0 Å². The van der Waals surface area contributed by atoms with E-state index in [0.29, 0.717) is 77.3 Å². The number of ketones is 1. The smallest absolute Gasteiger partial charge is 0.407 e. The summed E-state index contributed by atoms with van der Waals surface area (Å²) in [5.41, 5.74) is 0.872. The first-order chi connectivity index (χ1) is 27.1. The summed E-state index contributed by atoms with van der Waals surface area (Å²) in [6.45, 7) is 4.76. The van der Waals surface area contributed by atoms with Gasteiger partial charge in [-0.3, -0.25) is 28.8 Å². The molecule has 4 rings (SSSR count). The topological polar surface area (TPSA) is 192 Å². The second-order valence-corrected chi connectivity index (χ2v) is 15.8. The van der Waals surface area contributed by atoms with Gasteiger partial charge in [0.2, 0.25) is 29.4 Å². The number of nitrogens with one attached hydrogen (secondary N) is 5. The van der Waals surface area contributed by atoms with Crippen LogP contribution in [0.25, 0.3) is 0 Å². The van der Waals surface area contributed by atoms with E-state index in [9.17, 15) is 33.6 Å². The lowest BCUT2D eigenvalue weighted by molar-refractivity contribution is -0.152. The molecule has 2 saturated heterocycles. The number of nitrogens with zero attached hydrogens (tertiary/aromatic N) is 1. The summed E-state index contributed by atoms with van der Waals surface area (Å²) in [6, 6.07) is 5.52. The lowest BCUT2D eigenvalue weighted by Crippen LogP contribution is -2.61. The van der Waals surface area contributed by atoms with Crippen LogP contribution in [0.5, 0.6) is 0 Å². The van der Waals surface area contributed by atoms with Crippen molar-refractivity contribution < 1.29 is 38.3 Å². The summed E-state index contributed by atoms with van der Waals surface area (Å²) in [5, 5.41) is 14.3. The zero-order valence-electron chi connectivity index (χ0n) is 33.4. The summed E-state index contributed by atoms with van der Waals surface area (Å²) < 4.78 is 5.27. The molecule has 0 radical (unpaired) electrons. The van der Waals surface area contributed by atoms with Gasteiger partial charge in [-0.05, 0) is 75.2 Å². The molecular formula is C42H64N6O8. The zero-order chi connectivity index (χ0) is 40.3. The minimum Gasteiger partial charge on any atom is -0.445 e. The molecule has 1 aliphatic carbocycles. The van der Waals surface area contributed by atoms with Gasteiger partial charge in [-0.2, -0.15) is 0 Å². The third kappa shape index (κ3) is 14.2. The number of hydrogen-bond acceptors (Lipinski definition) is 8. The Morgan fingerprint density at radius 3 is 2.30 bits per heavy atom. The summed E-state index contributed by atoms with van der Waals surface area (Å²) in [6.07, 6.45) is 10.4. The fraction of sp³-hybridized carbons (Fsp3) is 0.690. The van der Waals surface area contributed by atoms with Gasteiger partial charge in [0.15, 0.2) is 0 Å². The van der Waals surface area contributed by atoms with Gasteiger partial charge >= 0.3 is 6.09 Å². The van der Waals surface area contributed by atoms with Crippen LogP contribution in [0, 0.1) is 11.8 Å². The molecule has 310 valence electrons. The molecule has 5 atom stereocenters. The fourth-order valence-electron chi connectivity index (χ4n) is 7.83. The number of carbonyl (C=O) groups is 7. The highest BCUT2D eigenvalue weighted by atomic mass is 16.5. The van der Waals surface area contributed by atoms with E-state index in [1.807, 2.05) is 44.2 Å². The molecule has 5 N–H and O–H groups in total. The Kier molecular flexibility index (Phi) is 18.6. The van der Waals surface area contributed by atoms with E-state index >= 15 is 0 Å².